The molecule has 1 fully saturated rings. The second-order valence-electron chi connectivity index (χ2n) is 7.57. The Morgan fingerprint density at radius 1 is 1.10 bits per heavy atom. The van der Waals surface area contributed by atoms with E-state index in [9.17, 15) is 4.79 Å². The van der Waals surface area contributed by atoms with Crippen LogP contribution in [0.15, 0.2) is 65.7 Å². The van der Waals surface area contributed by atoms with Gasteiger partial charge in [0.25, 0.3) is 5.56 Å². The SMILES string of the molecule is Cc1cccnc1-c1cc2cc[nH]c(=O)c2c(Nc2ccc(N3CCOCC3)cc2)n1. The summed E-state index contributed by atoms with van der Waals surface area (Å²) in [5.41, 5.74) is 4.40. The van der Waals surface area contributed by atoms with Gasteiger partial charge in [-0.1, -0.05) is 6.07 Å². The van der Waals surface area contributed by atoms with E-state index in [0.717, 1.165) is 60.0 Å². The predicted molar refractivity (Wildman–Crippen MR) is 123 cm³/mol. The van der Waals surface area contributed by atoms with Crippen molar-refractivity contribution in [2.24, 2.45) is 0 Å². The molecule has 0 aliphatic carbocycles. The summed E-state index contributed by atoms with van der Waals surface area (Å²) in [6, 6.07) is 15.9. The van der Waals surface area contributed by atoms with E-state index in [1.165, 1.54) is 0 Å². The molecule has 0 amide bonds. The fraction of sp³-hybridized carbons (Fsp3) is 0.208. The average molecular weight is 413 g/mol. The number of hydrogen-bond acceptors (Lipinski definition) is 6. The third-order valence-electron chi connectivity index (χ3n) is 5.51. The molecule has 31 heavy (non-hydrogen) atoms. The van der Waals surface area contributed by atoms with Gasteiger partial charge < -0.3 is 19.9 Å². The number of rotatable bonds is 4. The van der Waals surface area contributed by atoms with Crippen LogP contribution in [0, 0.1) is 6.92 Å². The standard InChI is InChI=1S/C24H23N5O2/c1-16-3-2-9-25-22(16)20-15-17-8-10-26-24(30)21(17)23(28-20)27-18-4-6-19(7-5-18)29-11-13-31-14-12-29/h2-10,15H,11-14H2,1H3,(H,26,30)(H,27,28). The van der Waals surface area contributed by atoms with Gasteiger partial charge in [0.05, 0.1) is 30.0 Å². The number of nitrogens with one attached hydrogen (secondary N) is 2. The number of pyridine rings is 3. The number of benzene rings is 1. The first kappa shape index (κ1) is 19.3. The lowest BCUT2D eigenvalue weighted by molar-refractivity contribution is 0.122. The number of fused-ring (bicyclic) bond motifs is 1. The molecular weight excluding hydrogens is 390 g/mol. The van der Waals surface area contributed by atoms with Gasteiger partial charge in [0.1, 0.15) is 5.82 Å². The van der Waals surface area contributed by atoms with Gasteiger partial charge in [0.2, 0.25) is 0 Å². The molecule has 2 N–H and O–H groups in total. The number of nitrogens with zero attached hydrogens (tertiary/aromatic N) is 3. The first-order valence-electron chi connectivity index (χ1n) is 10.3. The minimum atomic E-state index is -0.179. The van der Waals surface area contributed by atoms with Crippen molar-refractivity contribution in [2.45, 2.75) is 6.92 Å². The van der Waals surface area contributed by atoms with Crippen molar-refractivity contribution >= 4 is 28.0 Å². The maximum atomic E-state index is 12.6. The van der Waals surface area contributed by atoms with E-state index < -0.39 is 0 Å². The molecule has 1 aliphatic rings. The van der Waals surface area contributed by atoms with E-state index in [2.05, 4.69) is 32.3 Å². The normalized spacial score (nSPS) is 14.0. The van der Waals surface area contributed by atoms with Crippen LogP contribution in [0.1, 0.15) is 5.56 Å². The van der Waals surface area contributed by atoms with Crippen molar-refractivity contribution < 1.29 is 4.74 Å². The second kappa shape index (κ2) is 8.20. The Bertz CT molecular complexity index is 1280. The number of morpholine rings is 1. The van der Waals surface area contributed by atoms with Crippen molar-refractivity contribution in [3.63, 3.8) is 0 Å². The second-order valence-corrected chi connectivity index (χ2v) is 7.57. The maximum Gasteiger partial charge on any atom is 0.259 e. The van der Waals surface area contributed by atoms with E-state index in [1.54, 1.807) is 12.4 Å². The molecule has 0 bridgehead atoms. The zero-order valence-electron chi connectivity index (χ0n) is 17.3. The zero-order valence-corrected chi connectivity index (χ0v) is 17.3. The number of aryl methyl sites for hydroxylation is 1. The molecule has 0 unspecified atom stereocenters. The minimum Gasteiger partial charge on any atom is -0.378 e. The number of anilines is 3. The van der Waals surface area contributed by atoms with Crippen molar-refractivity contribution in [2.75, 3.05) is 36.5 Å². The predicted octanol–water partition coefficient (Wildman–Crippen LogP) is 3.87. The van der Waals surface area contributed by atoms with Crippen molar-refractivity contribution in [1.29, 1.82) is 0 Å². The minimum absolute atomic E-state index is 0.179. The van der Waals surface area contributed by atoms with E-state index in [4.69, 9.17) is 9.72 Å². The van der Waals surface area contributed by atoms with E-state index in [0.29, 0.717) is 11.2 Å². The van der Waals surface area contributed by atoms with Gasteiger partial charge in [-0.25, -0.2) is 4.98 Å². The van der Waals surface area contributed by atoms with Crippen LogP contribution in [0.5, 0.6) is 0 Å². The van der Waals surface area contributed by atoms with Crippen LogP contribution in [0.25, 0.3) is 22.2 Å². The summed E-state index contributed by atoms with van der Waals surface area (Å²) in [7, 11) is 0. The van der Waals surface area contributed by atoms with Crippen LogP contribution in [0.3, 0.4) is 0 Å². The highest BCUT2D eigenvalue weighted by Gasteiger charge is 2.14. The maximum absolute atomic E-state index is 12.6. The van der Waals surface area contributed by atoms with Crippen LogP contribution >= 0.6 is 0 Å². The smallest absolute Gasteiger partial charge is 0.259 e. The Kier molecular flexibility index (Phi) is 5.09. The number of H-pyrrole nitrogens is 1. The van der Waals surface area contributed by atoms with Gasteiger partial charge in [-0.3, -0.25) is 9.78 Å². The fourth-order valence-electron chi connectivity index (χ4n) is 3.89. The first-order valence-corrected chi connectivity index (χ1v) is 10.3. The van der Waals surface area contributed by atoms with Crippen LogP contribution in [-0.4, -0.2) is 41.3 Å². The summed E-state index contributed by atoms with van der Waals surface area (Å²) in [4.78, 5) is 26.9. The van der Waals surface area contributed by atoms with E-state index in [1.807, 2.05) is 43.3 Å². The molecule has 4 heterocycles. The van der Waals surface area contributed by atoms with Gasteiger partial charge in [-0.15, -0.1) is 0 Å². The molecule has 3 aromatic heterocycles. The third-order valence-corrected chi connectivity index (χ3v) is 5.51. The molecule has 0 atom stereocenters. The van der Waals surface area contributed by atoms with Crippen molar-refractivity contribution in [3.05, 3.63) is 76.8 Å². The highest BCUT2D eigenvalue weighted by Crippen LogP contribution is 2.29. The molecule has 7 heteroatoms. The molecule has 0 spiro atoms. The Balaban J connectivity index is 1.54. The molecule has 4 aromatic rings. The van der Waals surface area contributed by atoms with Crippen LogP contribution < -0.4 is 15.8 Å². The number of aromatic nitrogens is 3. The summed E-state index contributed by atoms with van der Waals surface area (Å²) in [6.07, 6.45) is 3.41. The van der Waals surface area contributed by atoms with Crippen molar-refractivity contribution in [1.82, 2.24) is 15.0 Å². The molecule has 1 aliphatic heterocycles. The summed E-state index contributed by atoms with van der Waals surface area (Å²) < 4.78 is 5.43. The lowest BCUT2D eigenvalue weighted by atomic mass is 10.1. The van der Waals surface area contributed by atoms with Gasteiger partial charge in [0.15, 0.2) is 0 Å². The van der Waals surface area contributed by atoms with Crippen LogP contribution in [0.4, 0.5) is 17.2 Å². The molecule has 1 saturated heterocycles. The summed E-state index contributed by atoms with van der Waals surface area (Å²) >= 11 is 0. The average Bonchev–Trinajstić information content (AvgIpc) is 2.80. The topological polar surface area (TPSA) is 83.1 Å². The van der Waals surface area contributed by atoms with Gasteiger partial charge in [-0.05, 0) is 60.3 Å². The zero-order chi connectivity index (χ0) is 21.2. The van der Waals surface area contributed by atoms with Gasteiger partial charge >= 0.3 is 0 Å². The third kappa shape index (κ3) is 3.87. The molecular formula is C24H23N5O2. The largest absolute Gasteiger partial charge is 0.378 e. The number of hydrogen-bond donors (Lipinski definition) is 2. The van der Waals surface area contributed by atoms with Crippen LogP contribution in [0.2, 0.25) is 0 Å². The van der Waals surface area contributed by atoms with Gasteiger partial charge in [-0.2, -0.15) is 0 Å². The molecule has 7 nitrogen and oxygen atoms in total. The molecule has 1 aromatic carbocycles. The van der Waals surface area contributed by atoms with Crippen LogP contribution in [-0.2, 0) is 4.74 Å². The lowest BCUT2D eigenvalue weighted by Crippen LogP contribution is -2.36. The fourth-order valence-corrected chi connectivity index (χ4v) is 3.89. The Morgan fingerprint density at radius 3 is 2.68 bits per heavy atom. The monoisotopic (exact) mass is 413 g/mol. The summed E-state index contributed by atoms with van der Waals surface area (Å²) in [5.74, 6) is 0.513. The Labute approximate surface area is 179 Å². The molecule has 5 rings (SSSR count). The quantitative estimate of drug-likeness (QED) is 0.528. The summed E-state index contributed by atoms with van der Waals surface area (Å²) in [6.45, 7) is 5.28. The molecule has 0 radical (unpaired) electrons. The highest BCUT2D eigenvalue weighted by molar-refractivity contribution is 5.95. The Hall–Kier alpha value is -3.71. The highest BCUT2D eigenvalue weighted by atomic mass is 16.5. The van der Waals surface area contributed by atoms with Gasteiger partial charge in [0, 0.05) is 36.9 Å². The lowest BCUT2D eigenvalue weighted by Gasteiger charge is -2.28. The van der Waals surface area contributed by atoms with Crippen molar-refractivity contribution in [3.8, 4) is 11.4 Å². The number of ether oxygens (including phenoxy) is 1. The van der Waals surface area contributed by atoms with E-state index >= 15 is 0 Å². The summed E-state index contributed by atoms with van der Waals surface area (Å²) in [5, 5.41) is 4.68. The van der Waals surface area contributed by atoms with E-state index in [-0.39, 0.29) is 5.56 Å². The number of aromatic amines is 1. The molecule has 156 valence electrons. The first-order chi connectivity index (χ1) is 15.2. The molecule has 0 saturated carbocycles. The Morgan fingerprint density at radius 2 is 1.90 bits per heavy atom.